The normalized spacial score (nSPS) is 10.5. The summed E-state index contributed by atoms with van der Waals surface area (Å²) in [7, 11) is 1.59. The van der Waals surface area contributed by atoms with E-state index in [0.29, 0.717) is 36.6 Å². The van der Waals surface area contributed by atoms with Crippen molar-refractivity contribution in [2.75, 3.05) is 26.5 Å². The predicted octanol–water partition coefficient (Wildman–Crippen LogP) is 4.87. The van der Waals surface area contributed by atoms with Crippen LogP contribution in [0.2, 0.25) is 0 Å². The van der Waals surface area contributed by atoms with Gasteiger partial charge in [0, 0.05) is 18.7 Å². The molecule has 0 aliphatic heterocycles. The Morgan fingerprint density at radius 3 is 2.50 bits per heavy atom. The van der Waals surface area contributed by atoms with Crippen LogP contribution in [-0.2, 0) is 6.42 Å². The molecule has 1 N–H and O–H groups in total. The lowest BCUT2D eigenvalue weighted by molar-refractivity contribution is -0.384. The summed E-state index contributed by atoms with van der Waals surface area (Å²) in [6, 6.07) is 9.83. The number of nitrogens with zero attached hydrogens (tertiary/aromatic N) is 1. The standard InChI is InChI=1S/C22H28N2O5S/c1-4-5-6-15-29-20-19(28-2)12-11-18(21(20)30-3)22(25)23-14-13-16-7-9-17(10-8-16)24(26)27/h7-12H,4-6,13-15H2,1-3H3,(H,23,25). The molecule has 0 bridgehead atoms. The van der Waals surface area contributed by atoms with E-state index in [-0.39, 0.29) is 11.6 Å². The number of rotatable bonds is 12. The van der Waals surface area contributed by atoms with Gasteiger partial charge in [-0.1, -0.05) is 31.9 Å². The van der Waals surface area contributed by atoms with E-state index in [4.69, 9.17) is 9.47 Å². The molecule has 30 heavy (non-hydrogen) atoms. The highest BCUT2D eigenvalue weighted by atomic mass is 32.2. The van der Waals surface area contributed by atoms with Gasteiger partial charge >= 0.3 is 0 Å². The number of benzene rings is 2. The summed E-state index contributed by atoms with van der Waals surface area (Å²) >= 11 is 1.45. The van der Waals surface area contributed by atoms with Crippen LogP contribution in [0, 0.1) is 10.1 Å². The van der Waals surface area contributed by atoms with Gasteiger partial charge in [0.1, 0.15) is 0 Å². The average Bonchev–Trinajstić information content (AvgIpc) is 2.76. The van der Waals surface area contributed by atoms with Gasteiger partial charge in [-0.3, -0.25) is 14.9 Å². The van der Waals surface area contributed by atoms with Crippen molar-refractivity contribution < 1.29 is 19.2 Å². The van der Waals surface area contributed by atoms with Gasteiger partial charge in [0.2, 0.25) is 0 Å². The number of ether oxygens (including phenoxy) is 2. The van der Waals surface area contributed by atoms with Gasteiger partial charge in [-0.25, -0.2) is 0 Å². The van der Waals surface area contributed by atoms with Crippen LogP contribution in [0.3, 0.4) is 0 Å². The largest absolute Gasteiger partial charge is 0.493 e. The molecule has 0 saturated heterocycles. The Bertz CT molecular complexity index is 855. The van der Waals surface area contributed by atoms with Gasteiger partial charge in [0.05, 0.1) is 29.1 Å². The highest BCUT2D eigenvalue weighted by Crippen LogP contribution is 2.39. The summed E-state index contributed by atoms with van der Waals surface area (Å²) in [4.78, 5) is 23.8. The molecule has 0 aromatic heterocycles. The third-order valence-corrected chi connectivity index (χ3v) is 5.40. The van der Waals surface area contributed by atoms with Crippen LogP contribution in [0.4, 0.5) is 5.69 Å². The van der Waals surface area contributed by atoms with Gasteiger partial charge in [-0.2, -0.15) is 0 Å². The maximum atomic E-state index is 12.8. The van der Waals surface area contributed by atoms with Crippen LogP contribution in [0.1, 0.15) is 42.1 Å². The SMILES string of the molecule is CCCCCOc1c(OC)ccc(C(=O)NCCc2ccc([N+](=O)[O-])cc2)c1SC. The fraction of sp³-hybridized carbons (Fsp3) is 0.409. The molecule has 0 unspecified atom stereocenters. The number of nitrogens with one attached hydrogen (secondary N) is 1. The fourth-order valence-electron chi connectivity index (χ4n) is 2.95. The molecule has 0 atom stereocenters. The number of nitro benzene ring substituents is 1. The van der Waals surface area contributed by atoms with Gasteiger partial charge < -0.3 is 14.8 Å². The number of unbranched alkanes of at least 4 members (excludes halogenated alkanes) is 2. The van der Waals surface area contributed by atoms with E-state index in [0.717, 1.165) is 29.7 Å². The topological polar surface area (TPSA) is 90.7 Å². The summed E-state index contributed by atoms with van der Waals surface area (Å²) in [5, 5.41) is 13.6. The van der Waals surface area contributed by atoms with Gasteiger partial charge in [-0.15, -0.1) is 11.8 Å². The molecule has 1 amide bonds. The van der Waals surface area contributed by atoms with Crippen molar-refractivity contribution in [2.45, 2.75) is 37.5 Å². The lowest BCUT2D eigenvalue weighted by Crippen LogP contribution is -2.26. The Morgan fingerprint density at radius 2 is 1.90 bits per heavy atom. The fourth-order valence-corrected chi connectivity index (χ4v) is 3.68. The highest BCUT2D eigenvalue weighted by Gasteiger charge is 2.19. The van der Waals surface area contributed by atoms with Crippen molar-refractivity contribution in [3.8, 4) is 11.5 Å². The van der Waals surface area contributed by atoms with E-state index in [1.54, 1.807) is 31.4 Å². The quantitative estimate of drug-likeness (QED) is 0.223. The number of nitro groups is 1. The van der Waals surface area contributed by atoms with Gasteiger partial charge in [-0.05, 0) is 36.8 Å². The van der Waals surface area contributed by atoms with Crippen molar-refractivity contribution in [2.24, 2.45) is 0 Å². The summed E-state index contributed by atoms with van der Waals surface area (Å²) in [5.74, 6) is 1.02. The van der Waals surface area contributed by atoms with E-state index in [1.165, 1.54) is 23.9 Å². The Balaban J connectivity index is 2.05. The van der Waals surface area contributed by atoms with E-state index >= 15 is 0 Å². The molecular formula is C22H28N2O5S. The highest BCUT2D eigenvalue weighted by molar-refractivity contribution is 7.98. The summed E-state index contributed by atoms with van der Waals surface area (Å²) < 4.78 is 11.4. The van der Waals surface area contributed by atoms with Gasteiger partial charge in [0.25, 0.3) is 11.6 Å². The smallest absolute Gasteiger partial charge is 0.269 e. The van der Waals surface area contributed by atoms with E-state index in [2.05, 4.69) is 12.2 Å². The molecule has 7 nitrogen and oxygen atoms in total. The first-order valence-corrected chi connectivity index (χ1v) is 11.1. The maximum absolute atomic E-state index is 12.8. The van der Waals surface area contributed by atoms with Crippen molar-refractivity contribution in [1.82, 2.24) is 5.32 Å². The molecule has 8 heteroatoms. The summed E-state index contributed by atoms with van der Waals surface area (Å²) in [6.45, 7) is 3.13. The van der Waals surface area contributed by atoms with Crippen LogP contribution in [-0.4, -0.2) is 37.3 Å². The molecular weight excluding hydrogens is 404 g/mol. The molecule has 2 rings (SSSR count). The summed E-state index contributed by atoms with van der Waals surface area (Å²) in [6.07, 6.45) is 5.61. The minimum Gasteiger partial charge on any atom is -0.493 e. The number of hydrogen-bond donors (Lipinski definition) is 1. The number of hydrogen-bond acceptors (Lipinski definition) is 6. The monoisotopic (exact) mass is 432 g/mol. The first kappa shape index (κ1) is 23.5. The van der Waals surface area contributed by atoms with Crippen LogP contribution in [0.25, 0.3) is 0 Å². The lowest BCUT2D eigenvalue weighted by Gasteiger charge is -2.17. The van der Waals surface area contributed by atoms with Crippen LogP contribution < -0.4 is 14.8 Å². The number of amides is 1. The molecule has 162 valence electrons. The van der Waals surface area contributed by atoms with E-state index in [1.807, 2.05) is 6.26 Å². The molecule has 0 radical (unpaired) electrons. The van der Waals surface area contributed by atoms with E-state index < -0.39 is 4.92 Å². The Kier molecular flexibility index (Phi) is 9.47. The Morgan fingerprint density at radius 1 is 1.17 bits per heavy atom. The van der Waals surface area contributed by atoms with Crippen molar-refractivity contribution >= 4 is 23.4 Å². The van der Waals surface area contributed by atoms with Crippen molar-refractivity contribution in [1.29, 1.82) is 0 Å². The van der Waals surface area contributed by atoms with Crippen LogP contribution in [0.5, 0.6) is 11.5 Å². The molecule has 2 aromatic carbocycles. The van der Waals surface area contributed by atoms with Crippen molar-refractivity contribution in [3.05, 3.63) is 57.6 Å². The predicted molar refractivity (Wildman–Crippen MR) is 119 cm³/mol. The second-order valence-electron chi connectivity index (χ2n) is 6.66. The molecule has 2 aromatic rings. The average molecular weight is 433 g/mol. The second kappa shape index (κ2) is 12.1. The number of thioether (sulfide) groups is 1. The zero-order chi connectivity index (χ0) is 21.9. The molecule has 0 heterocycles. The van der Waals surface area contributed by atoms with Crippen LogP contribution in [0.15, 0.2) is 41.3 Å². The third kappa shape index (κ3) is 6.38. The maximum Gasteiger partial charge on any atom is 0.269 e. The molecule has 0 fully saturated rings. The Labute approximate surface area is 181 Å². The number of non-ortho nitro benzene ring substituents is 1. The third-order valence-electron chi connectivity index (χ3n) is 4.59. The first-order valence-electron chi connectivity index (χ1n) is 9.91. The first-order chi connectivity index (χ1) is 14.5. The summed E-state index contributed by atoms with van der Waals surface area (Å²) in [5.41, 5.74) is 1.51. The molecule has 0 aliphatic rings. The van der Waals surface area contributed by atoms with Gasteiger partial charge in [0.15, 0.2) is 11.5 Å². The lowest BCUT2D eigenvalue weighted by atomic mass is 10.1. The molecule has 0 spiro atoms. The second-order valence-corrected chi connectivity index (χ2v) is 7.48. The Hall–Kier alpha value is -2.74. The van der Waals surface area contributed by atoms with Crippen LogP contribution >= 0.6 is 11.8 Å². The zero-order valence-electron chi connectivity index (χ0n) is 17.6. The number of carbonyl (C=O) groups excluding carboxylic acids is 1. The minimum absolute atomic E-state index is 0.0529. The molecule has 0 saturated carbocycles. The minimum atomic E-state index is -0.429. The zero-order valence-corrected chi connectivity index (χ0v) is 18.4. The number of carbonyl (C=O) groups is 1. The van der Waals surface area contributed by atoms with Crippen molar-refractivity contribution in [3.63, 3.8) is 0 Å². The van der Waals surface area contributed by atoms with E-state index in [9.17, 15) is 14.9 Å². The number of methoxy groups -OCH3 is 1. The molecule has 0 aliphatic carbocycles.